The average molecular weight is 318 g/mol. The zero-order chi connectivity index (χ0) is 12.4. The van der Waals surface area contributed by atoms with Gasteiger partial charge < -0.3 is 9.26 Å². The van der Waals surface area contributed by atoms with Crippen molar-refractivity contribution in [1.82, 2.24) is 10.1 Å². The molecule has 0 aliphatic carbocycles. The van der Waals surface area contributed by atoms with Crippen LogP contribution in [0.25, 0.3) is 11.4 Å². The maximum atomic E-state index is 11.1. The second kappa shape index (κ2) is 4.85. The van der Waals surface area contributed by atoms with Crippen LogP contribution in [0, 0.1) is 0 Å². The summed E-state index contributed by atoms with van der Waals surface area (Å²) < 4.78 is 9.97. The van der Waals surface area contributed by atoms with Crippen molar-refractivity contribution < 1.29 is 14.1 Å². The molecule has 1 aromatic heterocycles. The number of hydrogen-bond acceptors (Lipinski definition) is 5. The molecule has 0 atom stereocenters. The summed E-state index contributed by atoms with van der Waals surface area (Å²) in [6.07, 6.45) is 0. The number of halogens is 2. The molecule has 17 heavy (non-hydrogen) atoms. The molecule has 1 heterocycles. The maximum Gasteiger partial charge on any atom is 0.397 e. The fourth-order valence-corrected chi connectivity index (χ4v) is 1.57. The summed E-state index contributed by atoms with van der Waals surface area (Å²) in [5.41, 5.74) is 0.650. The Morgan fingerprint density at radius 2 is 2.29 bits per heavy atom. The lowest BCUT2D eigenvalue weighted by atomic mass is 10.2. The molecule has 1 aromatic carbocycles. The Hall–Kier alpha value is -1.40. The normalized spacial score (nSPS) is 10.3. The van der Waals surface area contributed by atoms with Crippen LogP contribution in [0.15, 0.2) is 27.2 Å². The van der Waals surface area contributed by atoms with Gasteiger partial charge in [-0.25, -0.2) is 4.79 Å². The van der Waals surface area contributed by atoms with E-state index in [1.165, 1.54) is 7.11 Å². The number of carbonyl (C=O) groups is 1. The number of methoxy groups -OCH3 is 1. The second-order valence-electron chi connectivity index (χ2n) is 3.04. The van der Waals surface area contributed by atoms with E-state index < -0.39 is 5.97 Å². The summed E-state index contributed by atoms with van der Waals surface area (Å²) in [7, 11) is 1.24. The van der Waals surface area contributed by atoms with Crippen LogP contribution in [0.2, 0.25) is 5.02 Å². The first-order valence-corrected chi connectivity index (χ1v) is 5.66. The largest absolute Gasteiger partial charge is 0.462 e. The number of nitrogens with zero attached hydrogens (tertiary/aromatic N) is 2. The van der Waals surface area contributed by atoms with Gasteiger partial charge in [-0.2, -0.15) is 4.98 Å². The summed E-state index contributed by atoms with van der Waals surface area (Å²) in [4.78, 5) is 15.0. The third-order valence-electron chi connectivity index (χ3n) is 1.96. The Bertz CT molecular complexity index is 570. The highest BCUT2D eigenvalue weighted by Crippen LogP contribution is 2.27. The Balaban J connectivity index is 2.37. The molecule has 0 aliphatic heterocycles. The van der Waals surface area contributed by atoms with Gasteiger partial charge in [-0.15, -0.1) is 0 Å². The molecule has 5 nitrogen and oxygen atoms in total. The molecule has 0 N–H and O–H groups in total. The van der Waals surface area contributed by atoms with Crippen molar-refractivity contribution in [2.45, 2.75) is 0 Å². The smallest absolute Gasteiger partial charge is 0.397 e. The van der Waals surface area contributed by atoms with E-state index in [1.54, 1.807) is 18.2 Å². The van der Waals surface area contributed by atoms with Gasteiger partial charge in [0.25, 0.3) is 0 Å². The van der Waals surface area contributed by atoms with Crippen molar-refractivity contribution in [2.75, 3.05) is 7.11 Å². The zero-order valence-electron chi connectivity index (χ0n) is 8.61. The molecule has 0 radical (unpaired) electrons. The first-order chi connectivity index (χ1) is 8.11. The fourth-order valence-electron chi connectivity index (χ4n) is 1.15. The van der Waals surface area contributed by atoms with Crippen LogP contribution < -0.4 is 0 Å². The summed E-state index contributed by atoms with van der Waals surface area (Å²) in [6.45, 7) is 0. The Labute approximate surface area is 110 Å². The number of aromatic nitrogens is 2. The zero-order valence-corrected chi connectivity index (χ0v) is 10.9. The standard InChI is InChI=1S/C10H6BrClN2O3/c1-16-10(15)9-13-8(14-17-9)5-2-3-6(11)7(12)4-5/h2-4H,1H3. The Kier molecular flexibility index (Phi) is 3.44. The molecular weight excluding hydrogens is 311 g/mol. The van der Waals surface area contributed by atoms with Crippen molar-refractivity contribution >= 4 is 33.5 Å². The van der Waals surface area contributed by atoms with Gasteiger partial charge in [-0.3, -0.25) is 0 Å². The molecular formula is C10H6BrClN2O3. The molecule has 88 valence electrons. The van der Waals surface area contributed by atoms with E-state index in [0.29, 0.717) is 10.6 Å². The van der Waals surface area contributed by atoms with Crippen LogP contribution in [0.1, 0.15) is 10.7 Å². The van der Waals surface area contributed by atoms with Crippen LogP contribution >= 0.6 is 27.5 Å². The van der Waals surface area contributed by atoms with Gasteiger partial charge >= 0.3 is 11.9 Å². The van der Waals surface area contributed by atoms with E-state index in [-0.39, 0.29) is 11.7 Å². The molecule has 0 aliphatic rings. The van der Waals surface area contributed by atoms with Gasteiger partial charge in [0.15, 0.2) is 0 Å². The van der Waals surface area contributed by atoms with Crippen LogP contribution in [0.4, 0.5) is 0 Å². The lowest BCUT2D eigenvalue weighted by Gasteiger charge is -1.97. The van der Waals surface area contributed by atoms with Gasteiger partial charge in [0.2, 0.25) is 5.82 Å². The van der Waals surface area contributed by atoms with Crippen LogP contribution in [0.5, 0.6) is 0 Å². The molecule has 0 bridgehead atoms. The first kappa shape index (κ1) is 12.1. The molecule has 2 rings (SSSR count). The lowest BCUT2D eigenvalue weighted by molar-refractivity contribution is 0.0545. The van der Waals surface area contributed by atoms with Crippen molar-refractivity contribution in [3.63, 3.8) is 0 Å². The summed E-state index contributed by atoms with van der Waals surface area (Å²) in [5, 5.41) is 4.19. The minimum atomic E-state index is -0.674. The predicted octanol–water partition coefficient (Wildman–Crippen LogP) is 2.94. The van der Waals surface area contributed by atoms with E-state index >= 15 is 0 Å². The number of carbonyl (C=O) groups excluding carboxylic acids is 1. The molecule has 0 saturated carbocycles. The molecule has 0 fully saturated rings. The molecule has 7 heteroatoms. The quantitative estimate of drug-likeness (QED) is 0.797. The third-order valence-corrected chi connectivity index (χ3v) is 3.20. The minimum Gasteiger partial charge on any atom is -0.462 e. The Morgan fingerprint density at radius 3 is 2.94 bits per heavy atom. The van der Waals surface area contributed by atoms with Crippen molar-refractivity contribution in [3.8, 4) is 11.4 Å². The summed E-state index contributed by atoms with van der Waals surface area (Å²) >= 11 is 9.21. The van der Waals surface area contributed by atoms with E-state index in [0.717, 1.165) is 4.47 Å². The van der Waals surface area contributed by atoms with Crippen molar-refractivity contribution in [1.29, 1.82) is 0 Å². The highest BCUT2D eigenvalue weighted by atomic mass is 79.9. The lowest BCUT2D eigenvalue weighted by Crippen LogP contribution is -2.00. The van der Waals surface area contributed by atoms with Crippen LogP contribution in [-0.2, 0) is 4.74 Å². The highest BCUT2D eigenvalue weighted by molar-refractivity contribution is 9.10. The molecule has 0 amide bonds. The first-order valence-electron chi connectivity index (χ1n) is 4.49. The van der Waals surface area contributed by atoms with Crippen molar-refractivity contribution in [2.24, 2.45) is 0 Å². The van der Waals surface area contributed by atoms with E-state index in [1.807, 2.05) is 0 Å². The van der Waals surface area contributed by atoms with Gasteiger partial charge in [0.05, 0.1) is 12.1 Å². The summed E-state index contributed by atoms with van der Waals surface area (Å²) in [6, 6.07) is 5.17. The molecule has 2 aromatic rings. The van der Waals surface area contributed by atoms with Crippen molar-refractivity contribution in [3.05, 3.63) is 33.6 Å². The number of hydrogen-bond donors (Lipinski definition) is 0. The minimum absolute atomic E-state index is 0.193. The monoisotopic (exact) mass is 316 g/mol. The molecule has 0 saturated heterocycles. The predicted molar refractivity (Wildman–Crippen MR) is 63.8 cm³/mol. The second-order valence-corrected chi connectivity index (χ2v) is 4.31. The number of rotatable bonds is 2. The summed E-state index contributed by atoms with van der Waals surface area (Å²) in [5.74, 6) is -0.590. The SMILES string of the molecule is COC(=O)c1nc(-c2ccc(Br)c(Cl)c2)no1. The van der Waals surface area contributed by atoms with Gasteiger partial charge in [0.1, 0.15) is 0 Å². The van der Waals surface area contributed by atoms with E-state index in [4.69, 9.17) is 16.1 Å². The fraction of sp³-hybridized carbons (Fsp3) is 0.100. The van der Waals surface area contributed by atoms with Crippen LogP contribution in [-0.4, -0.2) is 23.2 Å². The number of esters is 1. The third kappa shape index (κ3) is 2.48. The number of ether oxygens (including phenoxy) is 1. The van der Waals surface area contributed by atoms with Gasteiger partial charge in [-0.1, -0.05) is 16.8 Å². The van der Waals surface area contributed by atoms with E-state index in [9.17, 15) is 4.79 Å². The number of benzene rings is 1. The van der Waals surface area contributed by atoms with Crippen LogP contribution in [0.3, 0.4) is 0 Å². The van der Waals surface area contributed by atoms with E-state index in [2.05, 4.69) is 30.8 Å². The van der Waals surface area contributed by atoms with Gasteiger partial charge in [0, 0.05) is 10.0 Å². The van der Waals surface area contributed by atoms with Gasteiger partial charge in [-0.05, 0) is 34.1 Å². The Morgan fingerprint density at radius 1 is 1.53 bits per heavy atom. The molecule has 0 unspecified atom stereocenters. The maximum absolute atomic E-state index is 11.1. The highest BCUT2D eigenvalue weighted by Gasteiger charge is 2.16. The topological polar surface area (TPSA) is 65.2 Å². The average Bonchev–Trinajstić information content (AvgIpc) is 2.81. The molecule has 0 spiro atoms.